The van der Waals surface area contributed by atoms with E-state index in [0.29, 0.717) is 11.6 Å². The van der Waals surface area contributed by atoms with Crippen molar-refractivity contribution in [3.63, 3.8) is 0 Å². The molecule has 1 aromatic heterocycles. The van der Waals surface area contributed by atoms with E-state index in [4.69, 9.17) is 0 Å². The minimum Gasteiger partial charge on any atom is -0.349 e. The van der Waals surface area contributed by atoms with Crippen molar-refractivity contribution in [1.82, 2.24) is 15.3 Å². The predicted molar refractivity (Wildman–Crippen MR) is 122 cm³/mol. The number of anilines is 1. The van der Waals surface area contributed by atoms with Crippen LogP contribution in [0.5, 0.6) is 0 Å². The van der Waals surface area contributed by atoms with Gasteiger partial charge in [-0.2, -0.15) is 0 Å². The Labute approximate surface area is 181 Å². The Bertz CT molecular complexity index is 1090. The molecule has 31 heavy (non-hydrogen) atoms. The molecule has 2 fully saturated rings. The standard InChI is InChI=1S/C25H28N4O2/c30-24(17-5-1-2-6-17)27-20-13-14-21-22(15-20)29-23(28-21)16-9-11-18(12-10-16)25(31)26-19-7-3-4-8-19/h9-15,17,19H,1-8H2,(H,26,31)(H,27,30)(H,28,29). The minimum absolute atomic E-state index is 0.00861. The second kappa shape index (κ2) is 8.53. The van der Waals surface area contributed by atoms with E-state index in [9.17, 15) is 9.59 Å². The number of aromatic nitrogens is 2. The molecule has 160 valence electrons. The molecule has 2 amide bonds. The van der Waals surface area contributed by atoms with E-state index in [1.165, 1.54) is 12.8 Å². The zero-order valence-electron chi connectivity index (χ0n) is 17.6. The zero-order chi connectivity index (χ0) is 21.2. The number of imidazole rings is 1. The van der Waals surface area contributed by atoms with Crippen LogP contribution in [0.25, 0.3) is 22.4 Å². The fraction of sp³-hybridized carbons (Fsp3) is 0.400. The second-order valence-corrected chi connectivity index (χ2v) is 8.82. The summed E-state index contributed by atoms with van der Waals surface area (Å²) in [5, 5.41) is 6.16. The van der Waals surface area contributed by atoms with Gasteiger partial charge in [0.25, 0.3) is 5.91 Å². The van der Waals surface area contributed by atoms with Gasteiger partial charge in [-0.1, -0.05) is 37.8 Å². The summed E-state index contributed by atoms with van der Waals surface area (Å²) >= 11 is 0. The Morgan fingerprint density at radius 3 is 2.35 bits per heavy atom. The number of nitrogens with one attached hydrogen (secondary N) is 3. The van der Waals surface area contributed by atoms with E-state index >= 15 is 0 Å². The average molecular weight is 417 g/mol. The molecule has 3 aromatic rings. The first-order valence-corrected chi connectivity index (χ1v) is 11.4. The summed E-state index contributed by atoms with van der Waals surface area (Å²) in [7, 11) is 0. The predicted octanol–water partition coefficient (Wildman–Crippen LogP) is 5.03. The molecule has 0 unspecified atom stereocenters. The third-order valence-corrected chi connectivity index (χ3v) is 6.59. The summed E-state index contributed by atoms with van der Waals surface area (Å²) < 4.78 is 0. The molecule has 0 bridgehead atoms. The van der Waals surface area contributed by atoms with Crippen molar-refractivity contribution in [3.8, 4) is 11.4 Å². The Balaban J connectivity index is 1.29. The Morgan fingerprint density at radius 1 is 0.903 bits per heavy atom. The molecule has 2 aliphatic carbocycles. The fourth-order valence-corrected chi connectivity index (χ4v) is 4.77. The Hall–Kier alpha value is -3.15. The van der Waals surface area contributed by atoms with E-state index in [2.05, 4.69) is 20.6 Å². The van der Waals surface area contributed by atoms with E-state index in [1.54, 1.807) is 0 Å². The lowest BCUT2D eigenvalue weighted by molar-refractivity contribution is -0.119. The van der Waals surface area contributed by atoms with Gasteiger partial charge in [-0.25, -0.2) is 4.98 Å². The first kappa shape index (κ1) is 19.8. The van der Waals surface area contributed by atoms with E-state index in [-0.39, 0.29) is 17.7 Å². The molecular formula is C25H28N4O2. The molecular weight excluding hydrogens is 388 g/mol. The Kier molecular flexibility index (Phi) is 5.45. The summed E-state index contributed by atoms with van der Waals surface area (Å²) in [5.74, 6) is 0.989. The topological polar surface area (TPSA) is 86.9 Å². The van der Waals surface area contributed by atoms with Crippen LogP contribution in [0.2, 0.25) is 0 Å². The van der Waals surface area contributed by atoms with E-state index in [1.807, 2.05) is 42.5 Å². The number of H-pyrrole nitrogens is 1. The van der Waals surface area contributed by atoms with Crippen molar-refractivity contribution in [2.75, 3.05) is 5.32 Å². The summed E-state index contributed by atoms with van der Waals surface area (Å²) in [6.07, 6.45) is 8.79. The molecule has 6 heteroatoms. The fourth-order valence-electron chi connectivity index (χ4n) is 4.77. The molecule has 0 radical (unpaired) electrons. The van der Waals surface area contributed by atoms with Gasteiger partial charge in [0.15, 0.2) is 0 Å². The SMILES string of the molecule is O=C(NC1CCCC1)c1ccc(-c2nc3ccc(NC(=O)C4CCCC4)cc3[nH]2)cc1. The van der Waals surface area contributed by atoms with Crippen molar-refractivity contribution < 1.29 is 9.59 Å². The lowest BCUT2D eigenvalue weighted by Gasteiger charge is -2.11. The van der Waals surface area contributed by atoms with Crippen molar-refractivity contribution >= 4 is 28.5 Å². The molecule has 0 spiro atoms. The highest BCUT2D eigenvalue weighted by atomic mass is 16.2. The maximum Gasteiger partial charge on any atom is 0.251 e. The van der Waals surface area contributed by atoms with Gasteiger partial charge < -0.3 is 15.6 Å². The number of carbonyl (C=O) groups excluding carboxylic acids is 2. The lowest BCUT2D eigenvalue weighted by atomic mass is 10.1. The molecule has 0 aliphatic heterocycles. The van der Waals surface area contributed by atoms with Crippen molar-refractivity contribution in [3.05, 3.63) is 48.0 Å². The maximum atomic E-state index is 12.4. The monoisotopic (exact) mass is 416 g/mol. The smallest absolute Gasteiger partial charge is 0.251 e. The highest BCUT2D eigenvalue weighted by molar-refractivity contribution is 5.96. The van der Waals surface area contributed by atoms with Gasteiger partial charge in [0.05, 0.1) is 11.0 Å². The molecule has 2 aromatic carbocycles. The normalized spacial score (nSPS) is 17.3. The average Bonchev–Trinajstić information content (AvgIpc) is 3.55. The molecule has 0 atom stereocenters. The minimum atomic E-state index is -0.00861. The van der Waals surface area contributed by atoms with Gasteiger partial charge in [-0.15, -0.1) is 0 Å². The second-order valence-electron chi connectivity index (χ2n) is 8.82. The van der Waals surface area contributed by atoms with Crippen LogP contribution in [-0.2, 0) is 4.79 Å². The number of fused-ring (bicyclic) bond motifs is 1. The van der Waals surface area contributed by atoms with Crippen molar-refractivity contribution in [2.45, 2.75) is 57.4 Å². The van der Waals surface area contributed by atoms with Gasteiger partial charge in [0, 0.05) is 28.8 Å². The number of hydrogen-bond donors (Lipinski definition) is 3. The largest absolute Gasteiger partial charge is 0.349 e. The van der Waals surface area contributed by atoms with Crippen LogP contribution in [0, 0.1) is 5.92 Å². The highest BCUT2D eigenvalue weighted by Gasteiger charge is 2.23. The molecule has 6 nitrogen and oxygen atoms in total. The van der Waals surface area contributed by atoms with Crippen LogP contribution in [0.4, 0.5) is 5.69 Å². The number of rotatable bonds is 5. The summed E-state index contributed by atoms with van der Waals surface area (Å²) in [6, 6.07) is 13.6. The molecule has 1 heterocycles. The Morgan fingerprint density at radius 2 is 1.61 bits per heavy atom. The van der Waals surface area contributed by atoms with Gasteiger partial charge in [0.2, 0.25) is 5.91 Å². The van der Waals surface area contributed by atoms with Crippen LogP contribution in [0.1, 0.15) is 61.7 Å². The quantitative estimate of drug-likeness (QED) is 0.545. The zero-order valence-corrected chi connectivity index (χ0v) is 17.6. The molecule has 2 saturated carbocycles. The summed E-state index contributed by atoms with van der Waals surface area (Å²) in [6.45, 7) is 0. The van der Waals surface area contributed by atoms with Gasteiger partial charge >= 0.3 is 0 Å². The number of benzene rings is 2. The van der Waals surface area contributed by atoms with Crippen LogP contribution < -0.4 is 10.6 Å². The number of hydrogen-bond acceptors (Lipinski definition) is 3. The number of aromatic amines is 1. The van der Waals surface area contributed by atoms with Crippen molar-refractivity contribution in [2.24, 2.45) is 5.92 Å². The van der Waals surface area contributed by atoms with Gasteiger partial charge in [0.1, 0.15) is 5.82 Å². The van der Waals surface area contributed by atoms with E-state index in [0.717, 1.165) is 66.6 Å². The van der Waals surface area contributed by atoms with Crippen molar-refractivity contribution in [1.29, 1.82) is 0 Å². The molecule has 2 aliphatic rings. The number of amides is 2. The van der Waals surface area contributed by atoms with Gasteiger partial charge in [-0.05, 0) is 56.0 Å². The molecule has 0 saturated heterocycles. The number of nitrogens with zero attached hydrogens (tertiary/aromatic N) is 1. The van der Waals surface area contributed by atoms with Crippen LogP contribution in [-0.4, -0.2) is 27.8 Å². The van der Waals surface area contributed by atoms with Gasteiger partial charge in [-0.3, -0.25) is 9.59 Å². The highest BCUT2D eigenvalue weighted by Crippen LogP contribution is 2.27. The summed E-state index contributed by atoms with van der Waals surface area (Å²) in [5.41, 5.74) is 4.10. The number of carbonyl (C=O) groups is 2. The third kappa shape index (κ3) is 4.33. The third-order valence-electron chi connectivity index (χ3n) is 6.59. The first-order chi connectivity index (χ1) is 15.2. The first-order valence-electron chi connectivity index (χ1n) is 11.4. The van der Waals surface area contributed by atoms with Crippen LogP contribution in [0.15, 0.2) is 42.5 Å². The van der Waals surface area contributed by atoms with E-state index < -0.39 is 0 Å². The lowest BCUT2D eigenvalue weighted by Crippen LogP contribution is -2.32. The van der Waals surface area contributed by atoms with Crippen LogP contribution >= 0.6 is 0 Å². The molecule has 5 rings (SSSR count). The maximum absolute atomic E-state index is 12.4. The molecule has 3 N–H and O–H groups in total. The van der Waals surface area contributed by atoms with Crippen LogP contribution in [0.3, 0.4) is 0 Å². The summed E-state index contributed by atoms with van der Waals surface area (Å²) in [4.78, 5) is 32.9.